The Morgan fingerprint density at radius 3 is 2.56 bits per heavy atom. The molecule has 1 saturated carbocycles. The molecule has 0 saturated heterocycles. The first kappa shape index (κ1) is 12.1. The second-order valence-corrected chi connectivity index (χ2v) is 7.19. The van der Waals surface area contributed by atoms with Gasteiger partial charge in [0.15, 0.2) is 0 Å². The van der Waals surface area contributed by atoms with Gasteiger partial charge in [0.2, 0.25) is 0 Å². The monoisotopic (exact) mass is 237 g/mol. The summed E-state index contributed by atoms with van der Waals surface area (Å²) in [5.41, 5.74) is 0.297. The molecule has 1 aromatic heterocycles. The van der Waals surface area contributed by atoms with E-state index in [-0.39, 0.29) is 0 Å². The zero-order valence-corrected chi connectivity index (χ0v) is 11.7. The first-order chi connectivity index (χ1) is 7.47. The summed E-state index contributed by atoms with van der Waals surface area (Å²) >= 11 is 1.95. The Hall–Kier alpha value is -0.340. The van der Waals surface area contributed by atoms with Crippen LogP contribution in [0.5, 0.6) is 0 Å². The van der Waals surface area contributed by atoms with E-state index in [0.29, 0.717) is 11.5 Å². The number of hydrogen-bond donors (Lipinski definition) is 1. The zero-order valence-electron chi connectivity index (χ0n) is 10.8. The van der Waals surface area contributed by atoms with Gasteiger partial charge in [-0.2, -0.15) is 0 Å². The van der Waals surface area contributed by atoms with E-state index in [9.17, 15) is 0 Å². The fourth-order valence-electron chi connectivity index (χ4n) is 1.90. The molecule has 2 rings (SSSR count). The second-order valence-electron chi connectivity index (χ2n) is 6.02. The van der Waals surface area contributed by atoms with E-state index in [4.69, 9.17) is 0 Å². The summed E-state index contributed by atoms with van der Waals surface area (Å²) in [6, 6.07) is 5.25. The third-order valence-corrected chi connectivity index (χ3v) is 4.84. The first-order valence-electron chi connectivity index (χ1n) is 6.29. The Labute approximate surface area is 103 Å². The molecule has 1 heterocycles. The van der Waals surface area contributed by atoms with Crippen molar-refractivity contribution in [1.82, 2.24) is 5.32 Å². The van der Waals surface area contributed by atoms with E-state index >= 15 is 0 Å². The van der Waals surface area contributed by atoms with Gasteiger partial charge in [-0.25, -0.2) is 0 Å². The molecule has 0 radical (unpaired) electrons. The minimum atomic E-state index is 0.297. The van der Waals surface area contributed by atoms with Crippen molar-refractivity contribution in [3.8, 4) is 0 Å². The maximum absolute atomic E-state index is 3.64. The van der Waals surface area contributed by atoms with Gasteiger partial charge >= 0.3 is 0 Å². The van der Waals surface area contributed by atoms with Crippen LogP contribution in [0.1, 0.15) is 50.3 Å². The van der Waals surface area contributed by atoms with Crippen molar-refractivity contribution >= 4 is 11.3 Å². The molecule has 2 heteroatoms. The van der Waals surface area contributed by atoms with Crippen LogP contribution in [0.15, 0.2) is 12.1 Å². The van der Waals surface area contributed by atoms with Gasteiger partial charge in [-0.05, 0) is 43.2 Å². The number of nitrogens with one attached hydrogen (secondary N) is 1. The molecule has 1 aliphatic carbocycles. The molecule has 1 nitrogen and oxygen atoms in total. The summed E-state index contributed by atoms with van der Waals surface area (Å²) in [4.78, 5) is 2.96. The minimum Gasteiger partial charge on any atom is -0.309 e. The maximum atomic E-state index is 3.64. The van der Waals surface area contributed by atoms with E-state index < -0.39 is 0 Å². The standard InChI is InChI=1S/C14H23NS/c1-10(11-5-6-11)15-9-12-7-8-13(16-12)14(2,3)4/h7-8,10-11,15H,5-6,9H2,1-4H3. The van der Waals surface area contributed by atoms with Gasteiger partial charge in [0.05, 0.1) is 0 Å². The third-order valence-electron chi connectivity index (χ3n) is 3.33. The van der Waals surface area contributed by atoms with Crippen LogP contribution < -0.4 is 5.32 Å². The van der Waals surface area contributed by atoms with Gasteiger partial charge in [-0.1, -0.05) is 20.8 Å². The molecular weight excluding hydrogens is 214 g/mol. The number of rotatable bonds is 4. The van der Waals surface area contributed by atoms with Gasteiger partial charge < -0.3 is 5.32 Å². The third kappa shape index (κ3) is 3.08. The maximum Gasteiger partial charge on any atom is 0.0302 e. The molecule has 16 heavy (non-hydrogen) atoms. The molecule has 0 bridgehead atoms. The van der Waals surface area contributed by atoms with Crippen molar-refractivity contribution in [2.24, 2.45) is 5.92 Å². The highest BCUT2D eigenvalue weighted by atomic mass is 32.1. The van der Waals surface area contributed by atoms with Crippen molar-refractivity contribution < 1.29 is 0 Å². The molecule has 1 aliphatic rings. The highest BCUT2D eigenvalue weighted by Gasteiger charge is 2.27. The lowest BCUT2D eigenvalue weighted by Crippen LogP contribution is -2.26. The van der Waals surface area contributed by atoms with E-state index in [1.54, 1.807) is 0 Å². The normalized spacial score (nSPS) is 18.8. The Morgan fingerprint density at radius 1 is 1.38 bits per heavy atom. The van der Waals surface area contributed by atoms with Crippen LogP contribution in [-0.4, -0.2) is 6.04 Å². The largest absolute Gasteiger partial charge is 0.309 e. The Kier molecular flexibility index (Phi) is 3.41. The second kappa shape index (κ2) is 4.50. The molecule has 0 spiro atoms. The van der Waals surface area contributed by atoms with E-state index in [0.717, 1.165) is 12.5 Å². The summed E-state index contributed by atoms with van der Waals surface area (Å²) in [6.07, 6.45) is 2.84. The molecule has 0 aromatic carbocycles. The van der Waals surface area contributed by atoms with Crippen LogP contribution in [-0.2, 0) is 12.0 Å². The Balaban J connectivity index is 1.87. The molecule has 1 atom stereocenters. The average molecular weight is 237 g/mol. The smallest absolute Gasteiger partial charge is 0.0302 e. The summed E-state index contributed by atoms with van der Waals surface area (Å²) in [7, 11) is 0. The Morgan fingerprint density at radius 2 is 2.06 bits per heavy atom. The van der Waals surface area contributed by atoms with Gasteiger partial charge in [-0.3, -0.25) is 0 Å². The highest BCUT2D eigenvalue weighted by molar-refractivity contribution is 7.12. The predicted molar refractivity (Wildman–Crippen MR) is 72.0 cm³/mol. The van der Waals surface area contributed by atoms with Crippen molar-refractivity contribution in [2.45, 2.75) is 58.5 Å². The molecule has 1 unspecified atom stereocenters. The molecular formula is C14H23NS. The van der Waals surface area contributed by atoms with Crippen molar-refractivity contribution in [1.29, 1.82) is 0 Å². The zero-order chi connectivity index (χ0) is 11.8. The van der Waals surface area contributed by atoms with E-state index in [1.807, 2.05) is 11.3 Å². The molecule has 1 N–H and O–H groups in total. The lowest BCUT2D eigenvalue weighted by Gasteiger charge is -2.15. The average Bonchev–Trinajstić information content (AvgIpc) is 2.92. The van der Waals surface area contributed by atoms with E-state index in [1.165, 1.54) is 22.6 Å². The summed E-state index contributed by atoms with van der Waals surface area (Å²) in [6.45, 7) is 10.2. The fraction of sp³-hybridized carbons (Fsp3) is 0.714. The van der Waals surface area contributed by atoms with Crippen molar-refractivity contribution in [3.05, 3.63) is 21.9 Å². The van der Waals surface area contributed by atoms with Crippen LogP contribution in [0.2, 0.25) is 0 Å². The van der Waals surface area contributed by atoms with Crippen LogP contribution in [0.4, 0.5) is 0 Å². The lowest BCUT2D eigenvalue weighted by atomic mass is 9.95. The highest BCUT2D eigenvalue weighted by Crippen LogP contribution is 2.33. The lowest BCUT2D eigenvalue weighted by molar-refractivity contribution is 0.499. The quantitative estimate of drug-likeness (QED) is 0.836. The fourth-order valence-corrected chi connectivity index (χ4v) is 2.92. The van der Waals surface area contributed by atoms with Crippen LogP contribution >= 0.6 is 11.3 Å². The van der Waals surface area contributed by atoms with Gasteiger partial charge in [0.25, 0.3) is 0 Å². The van der Waals surface area contributed by atoms with Crippen LogP contribution in [0.3, 0.4) is 0 Å². The minimum absolute atomic E-state index is 0.297. The van der Waals surface area contributed by atoms with E-state index in [2.05, 4.69) is 45.1 Å². The topological polar surface area (TPSA) is 12.0 Å². The van der Waals surface area contributed by atoms with Gasteiger partial charge in [0.1, 0.15) is 0 Å². The summed E-state index contributed by atoms with van der Waals surface area (Å²) in [5, 5.41) is 3.64. The van der Waals surface area contributed by atoms with Crippen molar-refractivity contribution in [2.75, 3.05) is 0 Å². The van der Waals surface area contributed by atoms with Gasteiger partial charge in [0, 0.05) is 22.3 Å². The molecule has 1 fully saturated rings. The Bertz CT molecular complexity index is 344. The van der Waals surface area contributed by atoms with Gasteiger partial charge in [-0.15, -0.1) is 11.3 Å². The first-order valence-corrected chi connectivity index (χ1v) is 7.11. The van der Waals surface area contributed by atoms with Crippen molar-refractivity contribution in [3.63, 3.8) is 0 Å². The van der Waals surface area contributed by atoms with Crippen LogP contribution in [0, 0.1) is 5.92 Å². The number of thiophene rings is 1. The van der Waals surface area contributed by atoms with Crippen LogP contribution in [0.25, 0.3) is 0 Å². The number of hydrogen-bond acceptors (Lipinski definition) is 2. The summed E-state index contributed by atoms with van der Waals surface area (Å²) < 4.78 is 0. The summed E-state index contributed by atoms with van der Waals surface area (Å²) in [5.74, 6) is 0.946. The predicted octanol–water partition coefficient (Wildman–Crippen LogP) is 3.93. The molecule has 90 valence electrons. The SMILES string of the molecule is CC(NCc1ccc(C(C)(C)C)s1)C1CC1. The molecule has 1 aromatic rings. The molecule has 0 amide bonds. The molecule has 0 aliphatic heterocycles.